The van der Waals surface area contributed by atoms with E-state index in [0.29, 0.717) is 16.4 Å². The van der Waals surface area contributed by atoms with E-state index < -0.39 is 0 Å². The standard InChI is InChI=1S/C15H16ClN3OS/c1-17-14-7-10(11(16)8-18-14)15(20)19-12-3-2-4-13-9(12)5-6-21-13/h5-8,12H,2-4H2,1H3,(H,17,18)(H,19,20). The predicted molar refractivity (Wildman–Crippen MR) is 86.3 cm³/mol. The average molecular weight is 322 g/mol. The minimum absolute atomic E-state index is 0.0785. The van der Waals surface area contributed by atoms with E-state index in [1.54, 1.807) is 24.5 Å². The molecular weight excluding hydrogens is 306 g/mol. The summed E-state index contributed by atoms with van der Waals surface area (Å²) in [6, 6.07) is 3.86. The Morgan fingerprint density at radius 1 is 1.52 bits per heavy atom. The number of aryl methyl sites for hydroxylation is 1. The van der Waals surface area contributed by atoms with Gasteiger partial charge in [0.25, 0.3) is 5.91 Å². The molecular formula is C15H16ClN3OS. The summed E-state index contributed by atoms with van der Waals surface area (Å²) in [5, 5.41) is 8.47. The zero-order valence-corrected chi connectivity index (χ0v) is 13.2. The molecule has 21 heavy (non-hydrogen) atoms. The molecule has 2 heterocycles. The number of fused-ring (bicyclic) bond motifs is 1. The van der Waals surface area contributed by atoms with Crippen LogP contribution in [0.25, 0.3) is 0 Å². The maximum absolute atomic E-state index is 12.5. The molecule has 1 atom stereocenters. The van der Waals surface area contributed by atoms with E-state index in [1.165, 1.54) is 16.6 Å². The van der Waals surface area contributed by atoms with Gasteiger partial charge in [0, 0.05) is 18.1 Å². The predicted octanol–water partition coefficient (Wildman–Crippen LogP) is 3.65. The minimum atomic E-state index is -0.150. The lowest BCUT2D eigenvalue weighted by Crippen LogP contribution is -2.30. The first-order chi connectivity index (χ1) is 10.2. The largest absolute Gasteiger partial charge is 0.373 e. The third kappa shape index (κ3) is 2.89. The van der Waals surface area contributed by atoms with Gasteiger partial charge in [-0.3, -0.25) is 4.79 Å². The first-order valence-electron chi connectivity index (χ1n) is 6.89. The third-order valence-electron chi connectivity index (χ3n) is 3.71. The molecule has 1 aliphatic rings. The number of amides is 1. The van der Waals surface area contributed by atoms with Crippen molar-refractivity contribution in [2.75, 3.05) is 12.4 Å². The fourth-order valence-electron chi connectivity index (χ4n) is 2.62. The van der Waals surface area contributed by atoms with Gasteiger partial charge in [-0.15, -0.1) is 11.3 Å². The van der Waals surface area contributed by atoms with Gasteiger partial charge in [0.1, 0.15) is 5.82 Å². The van der Waals surface area contributed by atoms with Gasteiger partial charge in [0.15, 0.2) is 0 Å². The van der Waals surface area contributed by atoms with Gasteiger partial charge in [-0.1, -0.05) is 11.6 Å². The highest BCUT2D eigenvalue weighted by Crippen LogP contribution is 2.33. The van der Waals surface area contributed by atoms with Crippen molar-refractivity contribution >= 4 is 34.7 Å². The second-order valence-electron chi connectivity index (χ2n) is 5.02. The normalized spacial score (nSPS) is 17.1. The zero-order valence-electron chi connectivity index (χ0n) is 11.6. The number of carbonyl (C=O) groups excluding carboxylic acids is 1. The van der Waals surface area contributed by atoms with E-state index in [9.17, 15) is 4.79 Å². The van der Waals surface area contributed by atoms with Crippen molar-refractivity contribution in [2.24, 2.45) is 0 Å². The molecule has 1 unspecified atom stereocenters. The summed E-state index contributed by atoms with van der Waals surface area (Å²) >= 11 is 7.86. The van der Waals surface area contributed by atoms with Crippen LogP contribution in [0.15, 0.2) is 23.7 Å². The first-order valence-corrected chi connectivity index (χ1v) is 8.15. The number of nitrogens with one attached hydrogen (secondary N) is 2. The maximum atomic E-state index is 12.5. The van der Waals surface area contributed by atoms with Crippen molar-refractivity contribution in [2.45, 2.75) is 25.3 Å². The van der Waals surface area contributed by atoms with E-state index in [0.717, 1.165) is 19.3 Å². The third-order valence-corrected chi connectivity index (χ3v) is 5.01. The lowest BCUT2D eigenvalue weighted by Gasteiger charge is -2.24. The van der Waals surface area contributed by atoms with Crippen molar-refractivity contribution in [1.29, 1.82) is 0 Å². The first kappa shape index (κ1) is 14.4. The second-order valence-corrected chi connectivity index (χ2v) is 6.42. The monoisotopic (exact) mass is 321 g/mol. The summed E-state index contributed by atoms with van der Waals surface area (Å²) in [5.41, 5.74) is 1.71. The molecule has 0 saturated carbocycles. The summed E-state index contributed by atoms with van der Waals surface area (Å²) in [6.07, 6.45) is 4.68. The number of thiophene rings is 1. The molecule has 3 rings (SSSR count). The lowest BCUT2D eigenvalue weighted by molar-refractivity contribution is 0.0933. The molecule has 110 valence electrons. The van der Waals surface area contributed by atoms with Crippen LogP contribution in [-0.2, 0) is 6.42 Å². The molecule has 2 N–H and O–H groups in total. The van der Waals surface area contributed by atoms with Gasteiger partial charge < -0.3 is 10.6 Å². The highest BCUT2D eigenvalue weighted by molar-refractivity contribution is 7.10. The van der Waals surface area contributed by atoms with Gasteiger partial charge in [-0.2, -0.15) is 0 Å². The quantitative estimate of drug-likeness (QED) is 0.907. The van der Waals surface area contributed by atoms with Gasteiger partial charge in [0.2, 0.25) is 0 Å². The van der Waals surface area contributed by atoms with E-state index in [4.69, 9.17) is 11.6 Å². The number of hydrogen-bond acceptors (Lipinski definition) is 4. The molecule has 1 aliphatic carbocycles. The smallest absolute Gasteiger partial charge is 0.253 e. The lowest BCUT2D eigenvalue weighted by atomic mass is 9.94. The summed E-state index contributed by atoms with van der Waals surface area (Å²) in [4.78, 5) is 18.0. The number of nitrogens with zero attached hydrogens (tertiary/aromatic N) is 1. The number of hydrogen-bond donors (Lipinski definition) is 2. The molecule has 0 fully saturated rings. The molecule has 2 aromatic rings. The highest BCUT2D eigenvalue weighted by atomic mass is 35.5. The Balaban J connectivity index is 1.82. The molecule has 4 nitrogen and oxygen atoms in total. The average Bonchev–Trinajstić information content (AvgIpc) is 2.97. The SMILES string of the molecule is CNc1cc(C(=O)NC2CCCc3sccc32)c(Cl)cn1. The Labute approximate surface area is 132 Å². The zero-order chi connectivity index (χ0) is 14.8. The number of halogens is 1. The van der Waals surface area contributed by atoms with Crippen LogP contribution >= 0.6 is 22.9 Å². The van der Waals surface area contributed by atoms with Gasteiger partial charge in [-0.25, -0.2) is 4.98 Å². The number of anilines is 1. The maximum Gasteiger partial charge on any atom is 0.253 e. The topological polar surface area (TPSA) is 54.0 Å². The van der Waals surface area contributed by atoms with E-state index in [2.05, 4.69) is 27.1 Å². The second kappa shape index (κ2) is 6.03. The number of pyridine rings is 1. The molecule has 0 aliphatic heterocycles. The molecule has 6 heteroatoms. The van der Waals surface area contributed by atoms with Gasteiger partial charge in [-0.05, 0) is 42.3 Å². The van der Waals surface area contributed by atoms with Gasteiger partial charge in [0.05, 0.1) is 16.6 Å². The fraction of sp³-hybridized carbons (Fsp3) is 0.333. The summed E-state index contributed by atoms with van der Waals surface area (Å²) in [7, 11) is 1.76. The summed E-state index contributed by atoms with van der Waals surface area (Å²) in [5.74, 6) is 0.479. The molecule has 0 spiro atoms. The molecule has 0 bridgehead atoms. The van der Waals surface area contributed by atoms with Crippen molar-refractivity contribution < 1.29 is 4.79 Å². The van der Waals surface area contributed by atoms with Crippen LogP contribution in [0, 0.1) is 0 Å². The Morgan fingerprint density at radius 3 is 3.19 bits per heavy atom. The Kier molecular flexibility index (Phi) is 4.12. The molecule has 0 saturated heterocycles. The van der Waals surface area contributed by atoms with Crippen molar-refractivity contribution in [1.82, 2.24) is 10.3 Å². The van der Waals surface area contributed by atoms with E-state index >= 15 is 0 Å². The molecule has 2 aromatic heterocycles. The van der Waals surface area contributed by atoms with Crippen LogP contribution in [0.1, 0.15) is 39.7 Å². The van der Waals surface area contributed by atoms with Crippen LogP contribution in [-0.4, -0.2) is 17.9 Å². The summed E-state index contributed by atoms with van der Waals surface area (Å²) < 4.78 is 0. The van der Waals surface area contributed by atoms with Crippen molar-refractivity contribution in [3.05, 3.63) is 44.7 Å². The fourth-order valence-corrected chi connectivity index (χ4v) is 3.80. The number of carbonyl (C=O) groups is 1. The van der Waals surface area contributed by atoms with E-state index in [-0.39, 0.29) is 11.9 Å². The number of aromatic nitrogens is 1. The highest BCUT2D eigenvalue weighted by Gasteiger charge is 2.24. The van der Waals surface area contributed by atoms with Crippen LogP contribution < -0.4 is 10.6 Å². The Bertz CT molecular complexity index is 671. The molecule has 0 radical (unpaired) electrons. The summed E-state index contributed by atoms with van der Waals surface area (Å²) in [6.45, 7) is 0. The van der Waals surface area contributed by atoms with Crippen LogP contribution in [0.4, 0.5) is 5.82 Å². The van der Waals surface area contributed by atoms with Crippen molar-refractivity contribution in [3.8, 4) is 0 Å². The number of rotatable bonds is 3. The Morgan fingerprint density at radius 2 is 2.38 bits per heavy atom. The van der Waals surface area contributed by atoms with E-state index in [1.807, 2.05) is 0 Å². The van der Waals surface area contributed by atoms with Crippen LogP contribution in [0.3, 0.4) is 0 Å². The molecule has 1 amide bonds. The van der Waals surface area contributed by atoms with Crippen molar-refractivity contribution in [3.63, 3.8) is 0 Å². The van der Waals surface area contributed by atoms with Crippen LogP contribution in [0.5, 0.6) is 0 Å². The van der Waals surface area contributed by atoms with Crippen LogP contribution in [0.2, 0.25) is 5.02 Å². The Hall–Kier alpha value is -1.59. The molecule has 0 aromatic carbocycles. The van der Waals surface area contributed by atoms with Gasteiger partial charge >= 0.3 is 0 Å². The minimum Gasteiger partial charge on any atom is -0.373 e.